The lowest BCUT2D eigenvalue weighted by atomic mass is 9.84. The molecule has 0 aliphatic carbocycles. The van der Waals surface area contributed by atoms with Crippen molar-refractivity contribution in [3.8, 4) is 0 Å². The standard InChI is InChI=1S/C13H24/c1-7-11(3)9-10-12(8-2)13(4,5)6/h9-10H,7-8H2,1-6H3/b11-9+,12-10+. The molecule has 0 nitrogen and oxygen atoms in total. The van der Waals surface area contributed by atoms with Gasteiger partial charge in [0.15, 0.2) is 0 Å². The van der Waals surface area contributed by atoms with E-state index in [2.05, 4.69) is 53.7 Å². The van der Waals surface area contributed by atoms with Gasteiger partial charge in [-0.15, -0.1) is 0 Å². The fraction of sp³-hybridized carbons (Fsp3) is 0.692. The van der Waals surface area contributed by atoms with E-state index in [1.807, 2.05) is 0 Å². The van der Waals surface area contributed by atoms with Crippen LogP contribution in [0.15, 0.2) is 23.3 Å². The van der Waals surface area contributed by atoms with Gasteiger partial charge >= 0.3 is 0 Å². The highest BCUT2D eigenvalue weighted by Crippen LogP contribution is 2.27. The second kappa shape index (κ2) is 5.26. The van der Waals surface area contributed by atoms with E-state index in [0.29, 0.717) is 5.41 Å². The molecule has 0 aromatic carbocycles. The molecule has 0 rings (SSSR count). The first-order valence-electron chi connectivity index (χ1n) is 5.28. The molecule has 0 heteroatoms. The maximum atomic E-state index is 2.29. The van der Waals surface area contributed by atoms with E-state index in [0.717, 1.165) is 12.8 Å². The van der Waals surface area contributed by atoms with Gasteiger partial charge in [0, 0.05) is 0 Å². The van der Waals surface area contributed by atoms with Gasteiger partial charge in [-0.05, 0) is 25.2 Å². The van der Waals surface area contributed by atoms with Crippen LogP contribution < -0.4 is 0 Å². The van der Waals surface area contributed by atoms with Crippen LogP contribution >= 0.6 is 0 Å². The van der Waals surface area contributed by atoms with Gasteiger partial charge in [-0.2, -0.15) is 0 Å². The molecule has 76 valence electrons. The molecule has 0 N–H and O–H groups in total. The molecule has 0 aliphatic rings. The van der Waals surface area contributed by atoms with Crippen molar-refractivity contribution in [3.05, 3.63) is 23.3 Å². The summed E-state index contributed by atoms with van der Waals surface area (Å²) in [6.07, 6.45) is 6.84. The van der Waals surface area contributed by atoms with Crippen LogP contribution in [0.5, 0.6) is 0 Å². The van der Waals surface area contributed by atoms with Crippen LogP contribution in [-0.2, 0) is 0 Å². The van der Waals surface area contributed by atoms with E-state index in [1.165, 1.54) is 11.1 Å². The van der Waals surface area contributed by atoms with Crippen molar-refractivity contribution in [2.45, 2.75) is 54.4 Å². The van der Waals surface area contributed by atoms with Gasteiger partial charge in [-0.3, -0.25) is 0 Å². The van der Waals surface area contributed by atoms with E-state index in [4.69, 9.17) is 0 Å². The minimum absolute atomic E-state index is 0.319. The minimum Gasteiger partial charge on any atom is -0.0736 e. The quantitative estimate of drug-likeness (QED) is 0.551. The van der Waals surface area contributed by atoms with E-state index < -0.39 is 0 Å². The molecular formula is C13H24. The summed E-state index contributed by atoms with van der Waals surface area (Å²) in [6, 6.07) is 0. The number of hydrogen-bond acceptors (Lipinski definition) is 0. The molecule has 13 heavy (non-hydrogen) atoms. The molecule has 0 aromatic heterocycles. The second-order valence-corrected chi connectivity index (χ2v) is 4.66. The second-order valence-electron chi connectivity index (χ2n) is 4.66. The summed E-state index contributed by atoms with van der Waals surface area (Å²) in [4.78, 5) is 0. The Balaban J connectivity index is 4.59. The molecule has 0 aliphatic heterocycles. The van der Waals surface area contributed by atoms with Gasteiger partial charge in [-0.25, -0.2) is 0 Å². The summed E-state index contributed by atoms with van der Waals surface area (Å²) in [7, 11) is 0. The molecular weight excluding hydrogens is 156 g/mol. The van der Waals surface area contributed by atoms with Crippen molar-refractivity contribution in [1.29, 1.82) is 0 Å². The van der Waals surface area contributed by atoms with Crippen molar-refractivity contribution in [2.24, 2.45) is 5.41 Å². The first kappa shape index (κ1) is 12.5. The third-order valence-electron chi connectivity index (χ3n) is 2.47. The van der Waals surface area contributed by atoms with Crippen LogP contribution in [-0.4, -0.2) is 0 Å². The number of hydrogen-bond donors (Lipinski definition) is 0. The summed E-state index contributed by atoms with van der Waals surface area (Å²) < 4.78 is 0. The largest absolute Gasteiger partial charge is 0.0736 e. The Kier molecular flexibility index (Phi) is 5.05. The average Bonchev–Trinajstić information content (AvgIpc) is 2.02. The van der Waals surface area contributed by atoms with Crippen molar-refractivity contribution >= 4 is 0 Å². The molecule has 0 radical (unpaired) electrons. The molecule has 0 amide bonds. The molecule has 0 unspecified atom stereocenters. The average molecular weight is 180 g/mol. The van der Waals surface area contributed by atoms with Gasteiger partial charge in [0.1, 0.15) is 0 Å². The maximum Gasteiger partial charge on any atom is -0.0170 e. The van der Waals surface area contributed by atoms with Crippen molar-refractivity contribution in [2.75, 3.05) is 0 Å². The minimum atomic E-state index is 0.319. The van der Waals surface area contributed by atoms with Crippen LogP contribution in [0.1, 0.15) is 54.4 Å². The zero-order valence-corrected chi connectivity index (χ0v) is 10.1. The summed E-state index contributed by atoms with van der Waals surface area (Å²) in [5.41, 5.74) is 3.30. The maximum absolute atomic E-state index is 2.29. The fourth-order valence-corrected chi connectivity index (χ4v) is 1.26. The summed E-state index contributed by atoms with van der Waals surface area (Å²) in [6.45, 7) is 13.4. The first-order valence-corrected chi connectivity index (χ1v) is 5.28. The van der Waals surface area contributed by atoms with E-state index >= 15 is 0 Å². The predicted octanol–water partition coefficient (Wildman–Crippen LogP) is 4.73. The van der Waals surface area contributed by atoms with Crippen LogP contribution in [0.3, 0.4) is 0 Å². The van der Waals surface area contributed by atoms with Crippen LogP contribution in [0.2, 0.25) is 0 Å². The lowest BCUT2D eigenvalue weighted by molar-refractivity contribution is 0.488. The van der Waals surface area contributed by atoms with E-state index in [1.54, 1.807) is 0 Å². The summed E-state index contributed by atoms with van der Waals surface area (Å²) in [5, 5.41) is 0. The van der Waals surface area contributed by atoms with Crippen LogP contribution in [0.4, 0.5) is 0 Å². The zero-order chi connectivity index (χ0) is 10.5. The smallest absolute Gasteiger partial charge is 0.0170 e. The molecule has 0 fully saturated rings. The van der Waals surface area contributed by atoms with Crippen LogP contribution in [0.25, 0.3) is 0 Å². The van der Waals surface area contributed by atoms with Crippen molar-refractivity contribution in [1.82, 2.24) is 0 Å². The Labute approximate surface area is 83.7 Å². The molecule has 0 saturated heterocycles. The predicted molar refractivity (Wildman–Crippen MR) is 61.9 cm³/mol. The van der Waals surface area contributed by atoms with Gasteiger partial charge in [-0.1, -0.05) is 57.9 Å². The Hall–Kier alpha value is -0.520. The summed E-state index contributed by atoms with van der Waals surface area (Å²) in [5.74, 6) is 0. The SMILES string of the molecule is CC/C(C)=C/C=C(\CC)C(C)(C)C. The number of allylic oxidation sites excluding steroid dienone is 4. The van der Waals surface area contributed by atoms with Crippen LogP contribution in [0, 0.1) is 5.41 Å². The van der Waals surface area contributed by atoms with Gasteiger partial charge in [0.05, 0.1) is 0 Å². The highest BCUT2D eigenvalue weighted by molar-refractivity contribution is 5.20. The Bertz CT molecular complexity index is 199. The zero-order valence-electron chi connectivity index (χ0n) is 10.1. The van der Waals surface area contributed by atoms with E-state index in [9.17, 15) is 0 Å². The molecule has 0 bridgehead atoms. The Morgan fingerprint density at radius 3 is 1.85 bits per heavy atom. The first-order chi connectivity index (χ1) is 5.91. The third-order valence-corrected chi connectivity index (χ3v) is 2.47. The third kappa shape index (κ3) is 4.92. The molecule has 0 spiro atoms. The lowest BCUT2D eigenvalue weighted by Gasteiger charge is -2.21. The lowest BCUT2D eigenvalue weighted by Crippen LogP contribution is -2.08. The normalized spacial score (nSPS) is 14.9. The topological polar surface area (TPSA) is 0 Å². The van der Waals surface area contributed by atoms with Crippen molar-refractivity contribution in [3.63, 3.8) is 0 Å². The summed E-state index contributed by atoms with van der Waals surface area (Å²) >= 11 is 0. The molecule has 0 saturated carbocycles. The van der Waals surface area contributed by atoms with E-state index in [-0.39, 0.29) is 0 Å². The highest BCUT2D eigenvalue weighted by Gasteiger charge is 2.13. The fourth-order valence-electron chi connectivity index (χ4n) is 1.26. The van der Waals surface area contributed by atoms with Gasteiger partial charge in [0.2, 0.25) is 0 Å². The Morgan fingerprint density at radius 1 is 1.00 bits per heavy atom. The van der Waals surface area contributed by atoms with Crippen molar-refractivity contribution < 1.29 is 0 Å². The Morgan fingerprint density at radius 2 is 1.54 bits per heavy atom. The molecule has 0 atom stereocenters. The molecule has 0 aromatic rings. The highest BCUT2D eigenvalue weighted by atomic mass is 14.2. The monoisotopic (exact) mass is 180 g/mol. The molecule has 0 heterocycles. The van der Waals surface area contributed by atoms with Gasteiger partial charge < -0.3 is 0 Å². The number of rotatable bonds is 3. The van der Waals surface area contributed by atoms with Gasteiger partial charge in [0.25, 0.3) is 0 Å².